The number of aryl methyl sites for hydroxylation is 3. The van der Waals surface area contributed by atoms with E-state index in [1.165, 1.54) is 12.8 Å². The summed E-state index contributed by atoms with van der Waals surface area (Å²) in [6.45, 7) is 1.94. The zero-order valence-electron chi connectivity index (χ0n) is 16.4. The number of aromatic nitrogens is 3. The van der Waals surface area contributed by atoms with Crippen molar-refractivity contribution >= 4 is 22.6 Å². The van der Waals surface area contributed by atoms with Crippen molar-refractivity contribution in [2.24, 2.45) is 7.05 Å². The van der Waals surface area contributed by atoms with E-state index in [0.29, 0.717) is 24.6 Å². The molecule has 1 aromatic carbocycles. The van der Waals surface area contributed by atoms with Crippen LogP contribution in [0.15, 0.2) is 36.5 Å². The van der Waals surface area contributed by atoms with E-state index < -0.39 is 0 Å². The van der Waals surface area contributed by atoms with Gasteiger partial charge in [0.05, 0.1) is 23.7 Å². The summed E-state index contributed by atoms with van der Waals surface area (Å²) in [6.07, 6.45) is 7.90. The molecule has 146 valence electrons. The van der Waals surface area contributed by atoms with Crippen molar-refractivity contribution in [2.75, 3.05) is 5.32 Å². The first-order chi connectivity index (χ1) is 13.6. The van der Waals surface area contributed by atoms with Gasteiger partial charge in [-0.3, -0.25) is 9.48 Å². The normalized spacial score (nSPS) is 14.5. The lowest BCUT2D eigenvalue weighted by atomic mass is 10.1. The van der Waals surface area contributed by atoms with Crippen LogP contribution in [0.5, 0.6) is 5.75 Å². The molecule has 4 rings (SSSR count). The number of hydrogen-bond donors (Lipinski definition) is 1. The lowest BCUT2D eigenvalue weighted by molar-refractivity contribution is -0.116. The average Bonchev–Trinajstić information content (AvgIpc) is 3.28. The van der Waals surface area contributed by atoms with Crippen LogP contribution >= 0.6 is 0 Å². The lowest BCUT2D eigenvalue weighted by Crippen LogP contribution is -2.13. The van der Waals surface area contributed by atoms with Crippen molar-refractivity contribution in [2.45, 2.75) is 51.6 Å². The Kier molecular flexibility index (Phi) is 5.28. The predicted molar refractivity (Wildman–Crippen MR) is 110 cm³/mol. The molecular weight excluding hydrogens is 352 g/mol. The summed E-state index contributed by atoms with van der Waals surface area (Å²) in [5, 5.41) is 8.26. The fourth-order valence-corrected chi connectivity index (χ4v) is 3.83. The molecule has 28 heavy (non-hydrogen) atoms. The molecule has 0 unspecified atom stereocenters. The molecule has 2 heterocycles. The molecule has 1 aliphatic rings. The molecular formula is C22H26N4O2. The number of nitrogens with one attached hydrogen (secondary N) is 1. The highest BCUT2D eigenvalue weighted by molar-refractivity contribution is 5.93. The van der Waals surface area contributed by atoms with Crippen molar-refractivity contribution in [1.82, 2.24) is 14.8 Å². The molecule has 1 fully saturated rings. The Hall–Kier alpha value is -2.89. The van der Waals surface area contributed by atoms with Gasteiger partial charge in [0.15, 0.2) is 5.65 Å². The first-order valence-corrected chi connectivity index (χ1v) is 9.93. The van der Waals surface area contributed by atoms with Crippen LogP contribution in [0, 0.1) is 6.92 Å². The van der Waals surface area contributed by atoms with Gasteiger partial charge in [0.1, 0.15) is 5.75 Å². The number of hydrogen-bond acceptors (Lipinski definition) is 4. The van der Waals surface area contributed by atoms with E-state index >= 15 is 0 Å². The minimum Gasteiger partial charge on any atom is -0.490 e. The quantitative estimate of drug-likeness (QED) is 0.699. The van der Waals surface area contributed by atoms with Gasteiger partial charge in [0.2, 0.25) is 5.91 Å². The zero-order chi connectivity index (χ0) is 19.5. The second-order valence-corrected chi connectivity index (χ2v) is 7.52. The van der Waals surface area contributed by atoms with Gasteiger partial charge >= 0.3 is 0 Å². The number of anilines is 1. The Labute approximate surface area is 164 Å². The minimum absolute atomic E-state index is 0.0233. The van der Waals surface area contributed by atoms with Crippen LogP contribution in [-0.2, 0) is 18.3 Å². The molecule has 2 aromatic heterocycles. The van der Waals surface area contributed by atoms with Gasteiger partial charge in [0.25, 0.3) is 0 Å². The van der Waals surface area contributed by atoms with Crippen LogP contribution in [0.25, 0.3) is 11.0 Å². The number of rotatable bonds is 6. The largest absolute Gasteiger partial charge is 0.490 e. The Bertz CT molecular complexity index is 989. The molecule has 6 heteroatoms. The summed E-state index contributed by atoms with van der Waals surface area (Å²) < 4.78 is 7.80. The Morgan fingerprint density at radius 3 is 2.93 bits per heavy atom. The molecule has 0 saturated heterocycles. The van der Waals surface area contributed by atoms with Crippen molar-refractivity contribution in [1.29, 1.82) is 0 Å². The summed E-state index contributed by atoms with van der Waals surface area (Å²) in [4.78, 5) is 16.8. The van der Waals surface area contributed by atoms with E-state index in [2.05, 4.69) is 21.5 Å². The average molecular weight is 378 g/mol. The number of carbonyl (C=O) groups excluding carboxylic acids is 1. The highest BCUT2D eigenvalue weighted by Gasteiger charge is 2.16. The number of benzene rings is 1. The maximum absolute atomic E-state index is 12.4. The second kappa shape index (κ2) is 8.00. The topological polar surface area (TPSA) is 69.0 Å². The van der Waals surface area contributed by atoms with Crippen LogP contribution in [-0.4, -0.2) is 26.8 Å². The molecule has 1 saturated carbocycles. The summed E-state index contributed by atoms with van der Waals surface area (Å²) in [6, 6.07) is 10.0. The molecule has 0 atom stereocenters. The van der Waals surface area contributed by atoms with Crippen molar-refractivity contribution in [3.63, 3.8) is 0 Å². The third kappa shape index (κ3) is 4.16. The van der Waals surface area contributed by atoms with Crippen LogP contribution in [0.2, 0.25) is 0 Å². The lowest BCUT2D eigenvalue weighted by Gasteiger charge is -2.13. The first kappa shape index (κ1) is 18.5. The van der Waals surface area contributed by atoms with E-state index in [1.807, 2.05) is 38.2 Å². The summed E-state index contributed by atoms with van der Waals surface area (Å²) in [7, 11) is 1.87. The number of carbonyl (C=O) groups is 1. The van der Waals surface area contributed by atoms with E-state index in [4.69, 9.17) is 4.74 Å². The van der Waals surface area contributed by atoms with Crippen molar-refractivity contribution < 1.29 is 9.53 Å². The highest BCUT2D eigenvalue weighted by Crippen LogP contribution is 2.25. The number of ether oxygens (including phenoxy) is 1. The van der Waals surface area contributed by atoms with Crippen LogP contribution in [0.1, 0.15) is 43.4 Å². The van der Waals surface area contributed by atoms with Gasteiger partial charge in [-0.2, -0.15) is 5.10 Å². The second-order valence-electron chi connectivity index (χ2n) is 7.52. The number of pyridine rings is 1. The van der Waals surface area contributed by atoms with Gasteiger partial charge in [-0.05, 0) is 62.8 Å². The summed E-state index contributed by atoms with van der Waals surface area (Å²) in [5.74, 6) is 0.885. The highest BCUT2D eigenvalue weighted by atomic mass is 16.5. The van der Waals surface area contributed by atoms with Crippen molar-refractivity contribution in [3.05, 3.63) is 47.8 Å². The number of fused-ring (bicyclic) bond motifs is 1. The SMILES string of the molecule is Cc1nn(C)c2ncc(NC(=O)CCc3cccc(OC4CCCC4)c3)cc12. The van der Waals surface area contributed by atoms with E-state index in [-0.39, 0.29) is 5.91 Å². The number of nitrogens with zero attached hydrogens (tertiary/aromatic N) is 3. The third-order valence-electron chi connectivity index (χ3n) is 5.29. The zero-order valence-corrected chi connectivity index (χ0v) is 16.4. The maximum Gasteiger partial charge on any atom is 0.224 e. The monoisotopic (exact) mass is 378 g/mol. The standard InChI is InChI=1S/C22H26N4O2/c1-15-20-13-17(14-23-22(20)26(2)25-15)24-21(27)11-10-16-6-5-9-19(12-16)28-18-7-3-4-8-18/h5-6,9,12-14,18H,3-4,7-8,10-11H2,1-2H3,(H,24,27). The molecule has 0 bridgehead atoms. The molecule has 6 nitrogen and oxygen atoms in total. The molecule has 0 radical (unpaired) electrons. The van der Waals surface area contributed by atoms with Gasteiger partial charge in [-0.25, -0.2) is 4.98 Å². The smallest absolute Gasteiger partial charge is 0.224 e. The first-order valence-electron chi connectivity index (χ1n) is 9.93. The predicted octanol–water partition coefficient (Wildman–Crippen LogP) is 4.17. The molecule has 1 aliphatic carbocycles. The third-order valence-corrected chi connectivity index (χ3v) is 5.29. The van der Waals surface area contributed by atoms with Gasteiger partial charge in [0, 0.05) is 18.9 Å². The Morgan fingerprint density at radius 2 is 2.11 bits per heavy atom. The van der Waals surface area contributed by atoms with E-state index in [0.717, 1.165) is 40.9 Å². The van der Waals surface area contributed by atoms with E-state index in [1.54, 1.807) is 10.9 Å². The minimum atomic E-state index is -0.0233. The van der Waals surface area contributed by atoms with Crippen LogP contribution in [0.4, 0.5) is 5.69 Å². The maximum atomic E-state index is 12.4. The van der Waals surface area contributed by atoms with Gasteiger partial charge in [-0.1, -0.05) is 12.1 Å². The summed E-state index contributed by atoms with van der Waals surface area (Å²) >= 11 is 0. The Balaban J connectivity index is 1.35. The fraction of sp³-hybridized carbons (Fsp3) is 0.409. The molecule has 3 aromatic rings. The molecule has 1 amide bonds. The molecule has 0 aliphatic heterocycles. The van der Waals surface area contributed by atoms with Gasteiger partial charge < -0.3 is 10.1 Å². The molecule has 0 spiro atoms. The summed E-state index contributed by atoms with van der Waals surface area (Å²) in [5.41, 5.74) is 3.53. The van der Waals surface area contributed by atoms with Crippen LogP contribution in [0.3, 0.4) is 0 Å². The fourth-order valence-electron chi connectivity index (χ4n) is 3.83. The van der Waals surface area contributed by atoms with Gasteiger partial charge in [-0.15, -0.1) is 0 Å². The van der Waals surface area contributed by atoms with E-state index in [9.17, 15) is 4.79 Å². The van der Waals surface area contributed by atoms with Crippen molar-refractivity contribution in [3.8, 4) is 5.75 Å². The number of amides is 1. The molecule has 1 N–H and O–H groups in total. The van der Waals surface area contributed by atoms with Crippen LogP contribution < -0.4 is 10.1 Å². The Morgan fingerprint density at radius 1 is 1.29 bits per heavy atom.